The number of allylic oxidation sites excluding steroid dienone is 1. The van der Waals surface area contributed by atoms with E-state index in [4.69, 9.17) is 4.74 Å². The largest absolute Gasteiger partial charge is 0.486 e. The maximum atomic E-state index is 13.3. The Balaban J connectivity index is 1.74. The predicted octanol–water partition coefficient (Wildman–Crippen LogP) is 2.05. The molecule has 1 saturated carbocycles. The summed E-state index contributed by atoms with van der Waals surface area (Å²) in [6.45, 7) is 3.69. The summed E-state index contributed by atoms with van der Waals surface area (Å²) in [6.07, 6.45) is 6.59. The topological polar surface area (TPSA) is 99.1 Å². The molecule has 1 fully saturated rings. The molecule has 4 rings (SSSR count). The standard InChI is InChI=1S/C25H32N2O5/c1-2-3-12-21(29)27(16-8-4-5-9-16)19-15-18(25(31)26-13-14-28)22-17-10-6-7-11-20(17)32-24(22)23(19)30/h2,6-7,10-11,15-16,19,22-24,28,30H,1,3-5,8-9,12-14H2,(H,26,31)/t19-,22+,23+,24+/m1/s1. The molecule has 3 N–H and O–H groups in total. The highest BCUT2D eigenvalue weighted by Gasteiger charge is 2.51. The number of benzene rings is 1. The number of fused-ring (bicyclic) bond motifs is 3. The van der Waals surface area contributed by atoms with E-state index in [2.05, 4.69) is 11.9 Å². The fourth-order valence-corrected chi connectivity index (χ4v) is 5.31. The van der Waals surface area contributed by atoms with Gasteiger partial charge in [0.2, 0.25) is 11.8 Å². The zero-order valence-electron chi connectivity index (χ0n) is 18.3. The molecule has 0 aromatic heterocycles. The van der Waals surface area contributed by atoms with Crippen LogP contribution in [0.4, 0.5) is 0 Å². The van der Waals surface area contributed by atoms with Crippen molar-refractivity contribution in [3.05, 3.63) is 54.1 Å². The third-order valence-electron chi connectivity index (χ3n) is 6.77. The lowest BCUT2D eigenvalue weighted by molar-refractivity contribution is -0.140. The molecule has 0 radical (unpaired) electrons. The van der Waals surface area contributed by atoms with Gasteiger partial charge in [0.1, 0.15) is 18.0 Å². The van der Waals surface area contributed by atoms with Crippen molar-refractivity contribution in [1.29, 1.82) is 0 Å². The number of amides is 2. The normalized spacial score (nSPS) is 26.5. The highest BCUT2D eigenvalue weighted by Crippen LogP contribution is 2.47. The van der Waals surface area contributed by atoms with E-state index >= 15 is 0 Å². The average molecular weight is 441 g/mol. The van der Waals surface area contributed by atoms with Crippen LogP contribution in [0.2, 0.25) is 0 Å². The maximum Gasteiger partial charge on any atom is 0.247 e. The van der Waals surface area contributed by atoms with Crippen LogP contribution in [0, 0.1) is 0 Å². The van der Waals surface area contributed by atoms with Crippen LogP contribution in [-0.2, 0) is 9.59 Å². The van der Waals surface area contributed by atoms with Gasteiger partial charge in [-0.25, -0.2) is 0 Å². The lowest BCUT2D eigenvalue weighted by Gasteiger charge is -2.43. The molecule has 1 aromatic rings. The van der Waals surface area contributed by atoms with Crippen molar-refractivity contribution in [1.82, 2.24) is 10.2 Å². The van der Waals surface area contributed by atoms with Gasteiger partial charge >= 0.3 is 0 Å². The molecule has 1 heterocycles. The summed E-state index contributed by atoms with van der Waals surface area (Å²) in [5.41, 5.74) is 1.33. The number of nitrogens with zero attached hydrogens (tertiary/aromatic N) is 1. The van der Waals surface area contributed by atoms with E-state index in [1.807, 2.05) is 24.3 Å². The van der Waals surface area contributed by atoms with E-state index in [-0.39, 0.29) is 31.0 Å². The van der Waals surface area contributed by atoms with Crippen LogP contribution in [0.15, 0.2) is 48.6 Å². The molecule has 0 unspecified atom stereocenters. The van der Waals surface area contributed by atoms with Crippen molar-refractivity contribution >= 4 is 11.8 Å². The lowest BCUT2D eigenvalue weighted by atomic mass is 9.77. The molecule has 7 heteroatoms. The van der Waals surface area contributed by atoms with Crippen molar-refractivity contribution in [3.63, 3.8) is 0 Å². The van der Waals surface area contributed by atoms with Crippen molar-refractivity contribution in [2.24, 2.45) is 0 Å². The molecular formula is C25H32N2O5. The number of hydrogen-bond donors (Lipinski definition) is 3. The Hall–Kier alpha value is -2.64. The number of para-hydroxylation sites is 1. The van der Waals surface area contributed by atoms with Gasteiger partial charge in [0, 0.05) is 30.1 Å². The van der Waals surface area contributed by atoms with Crippen molar-refractivity contribution in [3.8, 4) is 5.75 Å². The summed E-state index contributed by atoms with van der Waals surface area (Å²) in [5.74, 6) is -0.129. The van der Waals surface area contributed by atoms with E-state index in [9.17, 15) is 19.8 Å². The monoisotopic (exact) mass is 440 g/mol. The minimum Gasteiger partial charge on any atom is -0.486 e. The van der Waals surface area contributed by atoms with Crippen LogP contribution in [-0.4, -0.2) is 64.4 Å². The number of carbonyl (C=O) groups excluding carboxylic acids is 2. The first-order valence-corrected chi connectivity index (χ1v) is 11.5. The van der Waals surface area contributed by atoms with Crippen LogP contribution in [0.25, 0.3) is 0 Å². The van der Waals surface area contributed by atoms with Crippen molar-refractivity contribution < 1.29 is 24.5 Å². The smallest absolute Gasteiger partial charge is 0.247 e. The Labute approximate surface area is 188 Å². The van der Waals surface area contributed by atoms with Crippen molar-refractivity contribution in [2.45, 2.75) is 68.7 Å². The third kappa shape index (κ3) is 4.19. The van der Waals surface area contributed by atoms with Gasteiger partial charge in [-0.15, -0.1) is 6.58 Å². The van der Waals surface area contributed by atoms with E-state index in [0.29, 0.717) is 24.2 Å². The van der Waals surface area contributed by atoms with Gasteiger partial charge in [-0.1, -0.05) is 37.1 Å². The highest BCUT2D eigenvalue weighted by molar-refractivity contribution is 5.96. The predicted molar refractivity (Wildman–Crippen MR) is 120 cm³/mol. The molecule has 0 spiro atoms. The summed E-state index contributed by atoms with van der Waals surface area (Å²) >= 11 is 0. The minimum absolute atomic E-state index is 0.0327. The number of nitrogens with one attached hydrogen (secondary N) is 1. The molecule has 4 atom stereocenters. The number of aliphatic hydroxyl groups excluding tert-OH is 2. The van der Waals surface area contributed by atoms with Gasteiger partial charge in [-0.2, -0.15) is 0 Å². The van der Waals surface area contributed by atoms with Crippen LogP contribution in [0.3, 0.4) is 0 Å². The summed E-state index contributed by atoms with van der Waals surface area (Å²) in [6, 6.07) is 6.87. The van der Waals surface area contributed by atoms with E-state index < -0.39 is 24.2 Å². The van der Waals surface area contributed by atoms with Crippen LogP contribution in [0.5, 0.6) is 5.75 Å². The Morgan fingerprint density at radius 2 is 2.00 bits per heavy atom. The number of hydrogen-bond acceptors (Lipinski definition) is 5. The quantitative estimate of drug-likeness (QED) is 0.538. The Morgan fingerprint density at radius 1 is 1.25 bits per heavy atom. The Morgan fingerprint density at radius 3 is 2.72 bits per heavy atom. The lowest BCUT2D eigenvalue weighted by Crippen LogP contribution is -2.58. The van der Waals surface area contributed by atoms with E-state index in [1.54, 1.807) is 17.1 Å². The van der Waals surface area contributed by atoms with Crippen LogP contribution in [0.1, 0.15) is 50.0 Å². The number of aliphatic hydroxyl groups is 2. The summed E-state index contributed by atoms with van der Waals surface area (Å²) in [5, 5.41) is 23.4. The SMILES string of the molecule is C=CCCC(=O)N(C1CCCC1)[C@@H]1C=C(C(=O)NCCO)[C@@H]2c3ccccc3O[C@@H]2[C@H]1O. The summed E-state index contributed by atoms with van der Waals surface area (Å²) in [7, 11) is 0. The fourth-order valence-electron chi connectivity index (χ4n) is 5.31. The second-order valence-corrected chi connectivity index (χ2v) is 8.75. The van der Waals surface area contributed by atoms with Crippen LogP contribution >= 0.6 is 0 Å². The Bertz CT molecular complexity index is 892. The molecular weight excluding hydrogens is 408 g/mol. The van der Waals surface area contributed by atoms with Crippen molar-refractivity contribution in [2.75, 3.05) is 13.2 Å². The van der Waals surface area contributed by atoms with E-state index in [0.717, 1.165) is 31.2 Å². The molecule has 32 heavy (non-hydrogen) atoms. The Kier molecular flexibility index (Phi) is 6.96. The molecule has 172 valence electrons. The maximum absolute atomic E-state index is 13.3. The van der Waals surface area contributed by atoms with Gasteiger partial charge in [0.15, 0.2) is 0 Å². The molecule has 2 amide bonds. The average Bonchev–Trinajstić information content (AvgIpc) is 3.46. The molecule has 7 nitrogen and oxygen atoms in total. The molecule has 2 aliphatic carbocycles. The molecule has 3 aliphatic rings. The third-order valence-corrected chi connectivity index (χ3v) is 6.77. The summed E-state index contributed by atoms with van der Waals surface area (Å²) in [4.78, 5) is 28.2. The molecule has 0 bridgehead atoms. The molecule has 1 aliphatic heterocycles. The number of carbonyl (C=O) groups is 2. The zero-order valence-corrected chi connectivity index (χ0v) is 18.3. The van der Waals surface area contributed by atoms with Crippen LogP contribution < -0.4 is 10.1 Å². The van der Waals surface area contributed by atoms with E-state index in [1.165, 1.54) is 0 Å². The second-order valence-electron chi connectivity index (χ2n) is 8.75. The van der Waals surface area contributed by atoms with Gasteiger partial charge < -0.3 is 25.2 Å². The van der Waals surface area contributed by atoms with Gasteiger partial charge in [-0.05, 0) is 31.4 Å². The van der Waals surface area contributed by atoms with Gasteiger partial charge in [-0.3, -0.25) is 9.59 Å². The first-order valence-electron chi connectivity index (χ1n) is 11.5. The second kappa shape index (κ2) is 9.88. The molecule has 1 aromatic carbocycles. The van der Waals surface area contributed by atoms with Gasteiger partial charge in [0.25, 0.3) is 0 Å². The minimum atomic E-state index is -0.963. The number of rotatable bonds is 8. The molecule has 0 saturated heterocycles. The summed E-state index contributed by atoms with van der Waals surface area (Å²) < 4.78 is 6.14. The first-order chi connectivity index (χ1) is 15.6. The first kappa shape index (κ1) is 22.6. The number of ether oxygens (including phenoxy) is 1. The zero-order chi connectivity index (χ0) is 22.7. The fraction of sp³-hybridized carbons (Fsp3) is 0.520. The highest BCUT2D eigenvalue weighted by atomic mass is 16.5. The van der Waals surface area contributed by atoms with Gasteiger partial charge in [0.05, 0.1) is 18.6 Å².